The van der Waals surface area contributed by atoms with E-state index in [1.165, 1.54) is 4.57 Å². The smallest absolute Gasteiger partial charge is 0.266 e. The summed E-state index contributed by atoms with van der Waals surface area (Å²) in [6.07, 6.45) is 3.20. The van der Waals surface area contributed by atoms with Crippen molar-refractivity contribution in [2.45, 2.75) is 6.54 Å². The summed E-state index contributed by atoms with van der Waals surface area (Å²) in [5.74, 6) is -0.575. The van der Waals surface area contributed by atoms with Crippen LogP contribution < -0.4 is 11.3 Å². The summed E-state index contributed by atoms with van der Waals surface area (Å²) < 4.78 is 3.56. The summed E-state index contributed by atoms with van der Waals surface area (Å²) in [5, 5.41) is 1.05. The lowest BCUT2D eigenvalue weighted by Crippen LogP contribution is -2.25. The molecule has 0 aliphatic rings. The average Bonchev–Trinajstić information content (AvgIpc) is 2.73. The zero-order valence-electron chi connectivity index (χ0n) is 15.1. The Bertz CT molecular complexity index is 1350. The number of nitrogens with zero attached hydrogens (tertiary/aromatic N) is 3. The van der Waals surface area contributed by atoms with E-state index in [0.717, 1.165) is 5.56 Å². The molecule has 144 valence electrons. The molecule has 4 aromatic rings. The molecule has 0 spiro atoms. The van der Waals surface area contributed by atoms with Gasteiger partial charge >= 0.3 is 0 Å². The minimum absolute atomic E-state index is 0.278. The second-order valence-electron chi connectivity index (χ2n) is 6.44. The Morgan fingerprint density at radius 2 is 1.76 bits per heavy atom. The first-order valence-corrected chi connectivity index (χ1v) is 9.48. The highest BCUT2D eigenvalue weighted by Crippen LogP contribution is 2.19. The monoisotopic (exact) mass is 422 g/mol. The molecule has 4 rings (SSSR count). The molecule has 0 fully saturated rings. The van der Waals surface area contributed by atoms with Gasteiger partial charge in [-0.05, 0) is 60.2 Å². The van der Waals surface area contributed by atoms with Crippen LogP contribution in [0.1, 0.15) is 15.9 Å². The van der Waals surface area contributed by atoms with Gasteiger partial charge in [0.15, 0.2) is 4.77 Å². The zero-order valence-corrected chi connectivity index (χ0v) is 16.7. The number of primary amides is 1. The van der Waals surface area contributed by atoms with Gasteiger partial charge in [0.2, 0.25) is 5.91 Å². The Morgan fingerprint density at radius 1 is 1.07 bits per heavy atom. The van der Waals surface area contributed by atoms with Crippen LogP contribution in [0.3, 0.4) is 0 Å². The average molecular weight is 423 g/mol. The van der Waals surface area contributed by atoms with Gasteiger partial charge in [0, 0.05) is 23.0 Å². The summed E-state index contributed by atoms with van der Waals surface area (Å²) in [5.41, 5.74) is 7.56. The van der Waals surface area contributed by atoms with E-state index in [1.807, 2.05) is 16.7 Å². The molecule has 2 heterocycles. The molecule has 2 N–H and O–H groups in total. The molecular formula is C21H15ClN4O2S. The number of carbonyl (C=O) groups is 1. The molecule has 0 saturated heterocycles. The van der Waals surface area contributed by atoms with Crippen LogP contribution >= 0.6 is 23.8 Å². The molecule has 29 heavy (non-hydrogen) atoms. The fourth-order valence-corrected chi connectivity index (χ4v) is 3.64. The van der Waals surface area contributed by atoms with Gasteiger partial charge in [0.05, 0.1) is 23.1 Å². The maximum absolute atomic E-state index is 13.2. The van der Waals surface area contributed by atoms with E-state index in [9.17, 15) is 9.59 Å². The van der Waals surface area contributed by atoms with Crippen LogP contribution in [0.4, 0.5) is 0 Å². The lowest BCUT2D eigenvalue weighted by atomic mass is 10.1. The van der Waals surface area contributed by atoms with Crippen LogP contribution in [0.5, 0.6) is 0 Å². The first-order valence-electron chi connectivity index (χ1n) is 8.70. The molecular weight excluding hydrogens is 408 g/mol. The van der Waals surface area contributed by atoms with E-state index in [1.54, 1.807) is 54.9 Å². The third-order valence-electron chi connectivity index (χ3n) is 4.60. The Hall–Kier alpha value is -3.29. The number of fused-ring (bicyclic) bond motifs is 1. The van der Waals surface area contributed by atoms with E-state index in [4.69, 9.17) is 29.6 Å². The van der Waals surface area contributed by atoms with Crippen molar-refractivity contribution in [2.24, 2.45) is 5.73 Å². The number of carbonyl (C=O) groups excluding carboxylic acids is 1. The standard InChI is InChI=1S/C21H15ClN4O2S/c22-15-4-1-13(2-5-15)12-25-18-11-14(19(23)27)3-6-17(18)20(28)26(21(25)29)16-7-9-24-10-8-16/h1-11H,12H2,(H2,23,27). The molecule has 0 aliphatic carbocycles. The Labute approximate surface area is 175 Å². The van der Waals surface area contributed by atoms with Crippen molar-refractivity contribution in [3.8, 4) is 5.69 Å². The molecule has 2 aromatic carbocycles. The van der Waals surface area contributed by atoms with E-state index < -0.39 is 5.91 Å². The topological polar surface area (TPSA) is 82.9 Å². The van der Waals surface area contributed by atoms with Crippen LogP contribution in [-0.4, -0.2) is 20.0 Å². The summed E-state index contributed by atoms with van der Waals surface area (Å²) >= 11 is 11.7. The number of amides is 1. The van der Waals surface area contributed by atoms with Gasteiger partial charge < -0.3 is 10.3 Å². The summed E-state index contributed by atoms with van der Waals surface area (Å²) in [6.45, 7) is 0.389. The highest BCUT2D eigenvalue weighted by Gasteiger charge is 2.14. The molecule has 0 radical (unpaired) electrons. The second kappa shape index (κ2) is 7.62. The maximum Gasteiger partial charge on any atom is 0.266 e. The van der Waals surface area contributed by atoms with Crippen LogP contribution in [0.25, 0.3) is 16.6 Å². The van der Waals surface area contributed by atoms with Crippen molar-refractivity contribution in [2.75, 3.05) is 0 Å². The number of hydrogen-bond acceptors (Lipinski definition) is 4. The summed E-state index contributed by atoms with van der Waals surface area (Å²) in [4.78, 5) is 28.9. The molecule has 0 saturated carbocycles. The van der Waals surface area contributed by atoms with Crippen molar-refractivity contribution >= 4 is 40.6 Å². The van der Waals surface area contributed by atoms with Crippen molar-refractivity contribution < 1.29 is 4.79 Å². The van der Waals surface area contributed by atoms with E-state index in [2.05, 4.69) is 4.98 Å². The van der Waals surface area contributed by atoms with E-state index in [-0.39, 0.29) is 5.56 Å². The predicted octanol–water partition coefficient (Wildman–Crippen LogP) is 3.72. The maximum atomic E-state index is 13.2. The van der Waals surface area contributed by atoms with Crippen LogP contribution in [0.2, 0.25) is 5.02 Å². The number of hydrogen-bond donors (Lipinski definition) is 1. The van der Waals surface area contributed by atoms with Crippen LogP contribution in [0.15, 0.2) is 71.8 Å². The van der Waals surface area contributed by atoms with Gasteiger partial charge in [-0.15, -0.1) is 0 Å². The third-order valence-corrected chi connectivity index (χ3v) is 5.26. The molecule has 2 aromatic heterocycles. The van der Waals surface area contributed by atoms with Crippen molar-refractivity contribution in [1.29, 1.82) is 0 Å². The Kier molecular flexibility index (Phi) is 5.00. The molecule has 0 bridgehead atoms. The molecule has 8 heteroatoms. The molecule has 1 amide bonds. The van der Waals surface area contributed by atoms with Gasteiger partial charge in [-0.2, -0.15) is 0 Å². The number of halogens is 1. The molecule has 0 aliphatic heterocycles. The molecule has 0 atom stereocenters. The normalized spacial score (nSPS) is 10.9. The Morgan fingerprint density at radius 3 is 2.41 bits per heavy atom. The lowest BCUT2D eigenvalue weighted by Gasteiger charge is -2.17. The number of rotatable bonds is 4. The molecule has 0 unspecified atom stereocenters. The second-order valence-corrected chi connectivity index (χ2v) is 7.24. The summed E-state index contributed by atoms with van der Waals surface area (Å²) in [7, 11) is 0. The fourth-order valence-electron chi connectivity index (χ4n) is 3.17. The van der Waals surface area contributed by atoms with Gasteiger partial charge in [-0.25, -0.2) is 0 Å². The number of nitrogens with two attached hydrogens (primary N) is 1. The van der Waals surface area contributed by atoms with Gasteiger partial charge in [0.25, 0.3) is 5.56 Å². The quantitative estimate of drug-likeness (QED) is 0.508. The highest BCUT2D eigenvalue weighted by atomic mass is 35.5. The van der Waals surface area contributed by atoms with Gasteiger partial charge in [-0.3, -0.25) is 19.1 Å². The minimum Gasteiger partial charge on any atom is -0.366 e. The number of aromatic nitrogens is 3. The largest absolute Gasteiger partial charge is 0.366 e. The van der Waals surface area contributed by atoms with Crippen LogP contribution in [-0.2, 0) is 6.54 Å². The summed E-state index contributed by atoms with van der Waals surface area (Å²) in [6, 6.07) is 15.5. The highest BCUT2D eigenvalue weighted by molar-refractivity contribution is 7.71. The Balaban J connectivity index is 2.05. The van der Waals surface area contributed by atoms with E-state index >= 15 is 0 Å². The van der Waals surface area contributed by atoms with Gasteiger partial charge in [-0.1, -0.05) is 23.7 Å². The number of pyridine rings is 1. The van der Waals surface area contributed by atoms with Crippen molar-refractivity contribution in [3.63, 3.8) is 0 Å². The fraction of sp³-hybridized carbons (Fsp3) is 0.0476. The predicted molar refractivity (Wildman–Crippen MR) is 115 cm³/mol. The number of benzene rings is 2. The van der Waals surface area contributed by atoms with Crippen molar-refractivity contribution in [1.82, 2.24) is 14.1 Å². The van der Waals surface area contributed by atoms with Gasteiger partial charge in [0.1, 0.15) is 0 Å². The lowest BCUT2D eigenvalue weighted by molar-refractivity contribution is 0.100. The first-order chi connectivity index (χ1) is 14.0. The zero-order chi connectivity index (χ0) is 20.5. The SMILES string of the molecule is NC(=O)c1ccc2c(=O)n(-c3ccncc3)c(=S)n(Cc3ccc(Cl)cc3)c2c1. The first kappa shape index (κ1) is 19.0. The van der Waals surface area contributed by atoms with Crippen molar-refractivity contribution in [3.05, 3.63) is 98.3 Å². The third kappa shape index (κ3) is 3.57. The van der Waals surface area contributed by atoms with E-state index in [0.29, 0.717) is 38.5 Å². The minimum atomic E-state index is -0.575. The molecule has 6 nitrogen and oxygen atoms in total. The van der Waals surface area contributed by atoms with Crippen LogP contribution in [0, 0.1) is 4.77 Å².